The van der Waals surface area contributed by atoms with Crippen LogP contribution in [0.2, 0.25) is 0 Å². The molecule has 3 rings (SSSR count). The van der Waals surface area contributed by atoms with Crippen LogP contribution in [0.3, 0.4) is 0 Å². The van der Waals surface area contributed by atoms with Gasteiger partial charge in [0.2, 0.25) is 5.78 Å². The standard InChI is InChI=1S/C9H13NO4.C6H10/c1-2-7(11)8(12)10-5-3-4-6(10)9(13)14;1-2-5-4-6(5)3-1/h6H,2-5H2,1H3,(H,13,14);5-6H,1-4H2/t6-;/m0./s1. The van der Waals surface area contributed by atoms with Crippen molar-refractivity contribution < 1.29 is 19.5 Å². The topological polar surface area (TPSA) is 74.7 Å². The number of hydrogen-bond acceptors (Lipinski definition) is 3. The predicted octanol–water partition coefficient (Wildman–Crippen LogP) is 1.85. The van der Waals surface area contributed by atoms with Crippen LogP contribution in [0, 0.1) is 11.8 Å². The van der Waals surface area contributed by atoms with Crippen LogP contribution in [-0.2, 0) is 14.4 Å². The molecule has 3 fully saturated rings. The van der Waals surface area contributed by atoms with Crippen LogP contribution in [0.15, 0.2) is 0 Å². The van der Waals surface area contributed by atoms with E-state index in [1.165, 1.54) is 18.3 Å². The van der Waals surface area contributed by atoms with E-state index in [-0.39, 0.29) is 6.42 Å². The quantitative estimate of drug-likeness (QED) is 0.801. The second kappa shape index (κ2) is 6.37. The van der Waals surface area contributed by atoms with Crippen LogP contribution in [0.25, 0.3) is 0 Å². The number of carbonyl (C=O) groups excluding carboxylic acids is 2. The molecule has 2 aliphatic carbocycles. The van der Waals surface area contributed by atoms with Crippen LogP contribution >= 0.6 is 0 Å². The van der Waals surface area contributed by atoms with Crippen molar-refractivity contribution in [3.05, 3.63) is 0 Å². The van der Waals surface area contributed by atoms with E-state index in [9.17, 15) is 14.4 Å². The molecule has 1 saturated heterocycles. The summed E-state index contributed by atoms with van der Waals surface area (Å²) in [6, 6.07) is -0.807. The summed E-state index contributed by atoms with van der Waals surface area (Å²) in [5.74, 6) is 0.227. The maximum atomic E-state index is 11.4. The van der Waals surface area contributed by atoms with Crippen molar-refractivity contribution in [3.8, 4) is 0 Å². The van der Waals surface area contributed by atoms with Crippen molar-refractivity contribution in [1.82, 2.24) is 4.90 Å². The number of amides is 1. The van der Waals surface area contributed by atoms with E-state index in [1.807, 2.05) is 0 Å². The minimum absolute atomic E-state index is 0.127. The number of ketones is 1. The molecule has 0 bridgehead atoms. The molecule has 5 heteroatoms. The van der Waals surface area contributed by atoms with E-state index in [0.717, 1.165) is 4.90 Å². The Morgan fingerprint density at radius 1 is 1.10 bits per heavy atom. The first-order valence-electron chi connectivity index (χ1n) is 7.61. The van der Waals surface area contributed by atoms with Crippen LogP contribution in [0.5, 0.6) is 0 Å². The zero-order chi connectivity index (χ0) is 14.7. The smallest absolute Gasteiger partial charge is 0.326 e. The fraction of sp³-hybridized carbons (Fsp3) is 0.800. The third-order valence-corrected chi connectivity index (χ3v) is 4.58. The Hall–Kier alpha value is -1.39. The molecular formula is C15H23NO4. The van der Waals surface area contributed by atoms with E-state index in [1.54, 1.807) is 26.2 Å². The minimum atomic E-state index is -1.03. The maximum Gasteiger partial charge on any atom is 0.326 e. The number of hydrogen-bond donors (Lipinski definition) is 1. The van der Waals surface area contributed by atoms with Gasteiger partial charge in [-0.1, -0.05) is 26.2 Å². The third kappa shape index (κ3) is 3.38. The van der Waals surface area contributed by atoms with E-state index in [0.29, 0.717) is 19.4 Å². The normalized spacial score (nSPS) is 30.2. The number of carboxylic acid groups (broad SMARTS) is 1. The van der Waals surface area contributed by atoms with Crippen LogP contribution in [0.1, 0.15) is 51.9 Å². The van der Waals surface area contributed by atoms with E-state index < -0.39 is 23.7 Å². The van der Waals surface area contributed by atoms with Gasteiger partial charge in [0.05, 0.1) is 0 Å². The summed E-state index contributed by atoms with van der Waals surface area (Å²) >= 11 is 0. The Morgan fingerprint density at radius 3 is 2.15 bits per heavy atom. The average Bonchev–Trinajstić information content (AvgIpc) is 2.87. The van der Waals surface area contributed by atoms with Crippen LogP contribution < -0.4 is 0 Å². The van der Waals surface area contributed by atoms with Gasteiger partial charge in [0.15, 0.2) is 0 Å². The molecule has 1 aliphatic heterocycles. The highest BCUT2D eigenvalue weighted by atomic mass is 16.4. The lowest BCUT2D eigenvalue weighted by Gasteiger charge is -2.19. The highest BCUT2D eigenvalue weighted by Gasteiger charge is 2.40. The number of aliphatic carboxylic acids is 1. The first kappa shape index (κ1) is 15.0. The van der Waals surface area contributed by atoms with Crippen molar-refractivity contribution in [1.29, 1.82) is 0 Å². The largest absolute Gasteiger partial charge is 0.480 e. The molecule has 3 atom stereocenters. The fourth-order valence-electron chi connectivity index (χ4n) is 3.24. The van der Waals surface area contributed by atoms with Crippen molar-refractivity contribution in [2.24, 2.45) is 11.8 Å². The molecule has 2 saturated carbocycles. The van der Waals surface area contributed by atoms with Crippen molar-refractivity contribution in [2.75, 3.05) is 6.54 Å². The first-order chi connectivity index (χ1) is 9.54. The molecule has 1 heterocycles. The van der Waals surface area contributed by atoms with Gasteiger partial charge in [-0.25, -0.2) is 4.79 Å². The predicted molar refractivity (Wildman–Crippen MR) is 73.1 cm³/mol. The van der Waals surface area contributed by atoms with Gasteiger partial charge in [-0.15, -0.1) is 0 Å². The van der Waals surface area contributed by atoms with Crippen LogP contribution in [0.4, 0.5) is 0 Å². The highest BCUT2D eigenvalue weighted by Crippen LogP contribution is 2.51. The molecule has 0 radical (unpaired) electrons. The lowest BCUT2D eigenvalue weighted by Crippen LogP contribution is -2.43. The van der Waals surface area contributed by atoms with Gasteiger partial charge in [0.1, 0.15) is 6.04 Å². The van der Waals surface area contributed by atoms with Crippen molar-refractivity contribution in [3.63, 3.8) is 0 Å². The van der Waals surface area contributed by atoms with Crippen molar-refractivity contribution >= 4 is 17.7 Å². The fourth-order valence-corrected chi connectivity index (χ4v) is 3.24. The number of nitrogens with zero attached hydrogens (tertiary/aromatic N) is 1. The number of fused-ring (bicyclic) bond motifs is 1. The Morgan fingerprint density at radius 2 is 1.75 bits per heavy atom. The summed E-state index contributed by atoms with van der Waals surface area (Å²) in [6.07, 6.45) is 7.46. The summed E-state index contributed by atoms with van der Waals surface area (Å²) in [6.45, 7) is 1.97. The summed E-state index contributed by atoms with van der Waals surface area (Å²) in [5.41, 5.74) is 0. The summed E-state index contributed by atoms with van der Waals surface area (Å²) in [4.78, 5) is 34.4. The zero-order valence-corrected chi connectivity index (χ0v) is 12.0. The number of carbonyl (C=O) groups is 3. The van der Waals surface area contributed by atoms with Gasteiger partial charge < -0.3 is 10.0 Å². The minimum Gasteiger partial charge on any atom is -0.480 e. The van der Waals surface area contributed by atoms with Gasteiger partial charge in [0, 0.05) is 13.0 Å². The molecule has 0 aromatic carbocycles. The molecule has 3 aliphatic rings. The van der Waals surface area contributed by atoms with Gasteiger partial charge in [-0.2, -0.15) is 0 Å². The summed E-state index contributed by atoms with van der Waals surface area (Å²) in [5, 5.41) is 8.78. The number of likely N-dealkylation sites (tertiary alicyclic amines) is 1. The summed E-state index contributed by atoms with van der Waals surface area (Å²) < 4.78 is 0. The van der Waals surface area contributed by atoms with Gasteiger partial charge >= 0.3 is 5.97 Å². The number of Topliss-reactive ketones (excluding diaryl/α,β-unsaturated/α-hetero) is 1. The lowest BCUT2D eigenvalue weighted by atomic mass is 10.2. The second-order valence-electron chi connectivity index (χ2n) is 5.96. The average molecular weight is 281 g/mol. The molecule has 20 heavy (non-hydrogen) atoms. The Bertz CT molecular complexity index is 399. The molecule has 0 aromatic rings. The van der Waals surface area contributed by atoms with Crippen molar-refractivity contribution in [2.45, 2.75) is 57.9 Å². The van der Waals surface area contributed by atoms with E-state index in [4.69, 9.17) is 5.11 Å². The Balaban J connectivity index is 0.000000198. The monoisotopic (exact) mass is 281 g/mol. The van der Waals surface area contributed by atoms with E-state index >= 15 is 0 Å². The van der Waals surface area contributed by atoms with Gasteiger partial charge in [-0.3, -0.25) is 9.59 Å². The SMILES string of the molecule is C1CC2CC2C1.CCC(=O)C(=O)N1CCC[C@H]1C(=O)O. The Kier molecular flexibility index (Phi) is 4.78. The third-order valence-electron chi connectivity index (χ3n) is 4.58. The maximum absolute atomic E-state index is 11.4. The lowest BCUT2D eigenvalue weighted by molar-refractivity contribution is -0.151. The molecule has 112 valence electrons. The molecule has 0 aromatic heterocycles. The molecular weight excluding hydrogens is 258 g/mol. The number of carboxylic acids is 1. The number of rotatable bonds is 3. The molecule has 1 amide bonds. The first-order valence-corrected chi connectivity index (χ1v) is 7.61. The van der Waals surface area contributed by atoms with Gasteiger partial charge in [-0.05, 0) is 31.1 Å². The summed E-state index contributed by atoms with van der Waals surface area (Å²) in [7, 11) is 0. The molecule has 5 nitrogen and oxygen atoms in total. The van der Waals surface area contributed by atoms with Crippen LogP contribution in [-0.4, -0.2) is 40.3 Å². The Labute approximate surface area is 119 Å². The zero-order valence-electron chi connectivity index (χ0n) is 12.0. The molecule has 0 spiro atoms. The molecule has 2 unspecified atom stereocenters. The van der Waals surface area contributed by atoms with Gasteiger partial charge in [0.25, 0.3) is 5.91 Å². The second-order valence-corrected chi connectivity index (χ2v) is 5.96. The molecule has 1 N–H and O–H groups in total. The van der Waals surface area contributed by atoms with E-state index in [2.05, 4.69) is 0 Å². The highest BCUT2D eigenvalue weighted by molar-refractivity contribution is 6.36.